The summed E-state index contributed by atoms with van der Waals surface area (Å²) in [5.41, 5.74) is 7.58. The first-order valence-electron chi connectivity index (χ1n) is 6.96. The maximum atomic E-state index is 6.35. The SMILES string of the molecule is CCC(N)C(Sc1ccccc1Br)c1ccc(OC)cc1. The Kier molecular flexibility index (Phi) is 6.15. The topological polar surface area (TPSA) is 35.2 Å². The van der Waals surface area contributed by atoms with Crippen molar-refractivity contribution in [3.8, 4) is 5.75 Å². The number of rotatable bonds is 6. The zero-order valence-corrected chi connectivity index (χ0v) is 14.7. The third kappa shape index (κ3) is 4.25. The molecule has 2 aromatic rings. The zero-order chi connectivity index (χ0) is 15.2. The van der Waals surface area contributed by atoms with Crippen molar-refractivity contribution < 1.29 is 4.74 Å². The van der Waals surface area contributed by atoms with Gasteiger partial charge in [-0.05, 0) is 52.2 Å². The first kappa shape index (κ1) is 16.4. The molecule has 0 aliphatic heterocycles. The van der Waals surface area contributed by atoms with Crippen molar-refractivity contribution in [2.24, 2.45) is 5.73 Å². The van der Waals surface area contributed by atoms with Crippen LogP contribution in [0, 0.1) is 0 Å². The van der Waals surface area contributed by atoms with Gasteiger partial charge in [-0.15, -0.1) is 11.8 Å². The van der Waals surface area contributed by atoms with Crippen LogP contribution in [0.3, 0.4) is 0 Å². The van der Waals surface area contributed by atoms with Gasteiger partial charge < -0.3 is 10.5 Å². The molecular weight excluding hydrogens is 346 g/mol. The van der Waals surface area contributed by atoms with E-state index in [1.165, 1.54) is 10.5 Å². The quantitative estimate of drug-likeness (QED) is 0.729. The molecule has 0 aliphatic rings. The Morgan fingerprint density at radius 1 is 1.14 bits per heavy atom. The maximum absolute atomic E-state index is 6.35. The van der Waals surface area contributed by atoms with Crippen molar-refractivity contribution in [1.29, 1.82) is 0 Å². The van der Waals surface area contributed by atoms with Crippen molar-refractivity contribution in [2.45, 2.75) is 29.5 Å². The summed E-state index contributed by atoms with van der Waals surface area (Å²) in [6.07, 6.45) is 0.939. The lowest BCUT2D eigenvalue weighted by atomic mass is 10.0. The Balaban J connectivity index is 2.27. The predicted molar refractivity (Wildman–Crippen MR) is 94.0 cm³/mol. The number of hydrogen-bond acceptors (Lipinski definition) is 3. The summed E-state index contributed by atoms with van der Waals surface area (Å²) in [6.45, 7) is 2.13. The van der Waals surface area contributed by atoms with E-state index in [-0.39, 0.29) is 11.3 Å². The Labute approximate surface area is 139 Å². The number of nitrogens with two attached hydrogens (primary N) is 1. The largest absolute Gasteiger partial charge is 0.497 e. The Bertz CT molecular complexity index is 573. The molecule has 2 rings (SSSR count). The molecule has 0 fully saturated rings. The van der Waals surface area contributed by atoms with E-state index in [9.17, 15) is 0 Å². The monoisotopic (exact) mass is 365 g/mol. The summed E-state index contributed by atoms with van der Waals surface area (Å²) >= 11 is 5.41. The van der Waals surface area contributed by atoms with E-state index in [1.807, 2.05) is 18.2 Å². The van der Waals surface area contributed by atoms with E-state index in [0.717, 1.165) is 16.6 Å². The van der Waals surface area contributed by atoms with Gasteiger partial charge in [0.2, 0.25) is 0 Å². The van der Waals surface area contributed by atoms with Crippen LogP contribution < -0.4 is 10.5 Å². The fourth-order valence-corrected chi connectivity index (χ4v) is 3.92. The zero-order valence-electron chi connectivity index (χ0n) is 12.3. The van der Waals surface area contributed by atoms with E-state index in [1.54, 1.807) is 18.9 Å². The molecule has 2 nitrogen and oxygen atoms in total. The summed E-state index contributed by atoms with van der Waals surface area (Å²) in [6, 6.07) is 16.5. The fraction of sp³-hybridized carbons (Fsp3) is 0.294. The molecule has 112 valence electrons. The highest BCUT2D eigenvalue weighted by molar-refractivity contribution is 9.10. The van der Waals surface area contributed by atoms with Crippen LogP contribution in [-0.2, 0) is 0 Å². The van der Waals surface area contributed by atoms with Crippen LogP contribution in [0.2, 0.25) is 0 Å². The van der Waals surface area contributed by atoms with Gasteiger partial charge in [0.05, 0.1) is 7.11 Å². The van der Waals surface area contributed by atoms with E-state index in [2.05, 4.69) is 53.2 Å². The Morgan fingerprint density at radius 2 is 1.81 bits per heavy atom. The van der Waals surface area contributed by atoms with Gasteiger partial charge in [-0.1, -0.05) is 31.2 Å². The van der Waals surface area contributed by atoms with Crippen molar-refractivity contribution in [3.63, 3.8) is 0 Å². The molecule has 2 N–H and O–H groups in total. The average molecular weight is 366 g/mol. The van der Waals surface area contributed by atoms with Gasteiger partial charge in [-0.3, -0.25) is 0 Å². The van der Waals surface area contributed by atoms with E-state index in [0.29, 0.717) is 0 Å². The highest BCUT2D eigenvalue weighted by atomic mass is 79.9. The first-order chi connectivity index (χ1) is 10.2. The van der Waals surface area contributed by atoms with Gasteiger partial charge in [-0.2, -0.15) is 0 Å². The summed E-state index contributed by atoms with van der Waals surface area (Å²) < 4.78 is 6.34. The summed E-state index contributed by atoms with van der Waals surface area (Å²) in [7, 11) is 1.68. The minimum atomic E-state index is 0.107. The minimum Gasteiger partial charge on any atom is -0.497 e. The smallest absolute Gasteiger partial charge is 0.118 e. The standard InChI is InChI=1S/C17H20BrNOS/c1-3-15(19)17(12-8-10-13(20-2)11-9-12)21-16-7-5-4-6-14(16)18/h4-11,15,17H,3,19H2,1-2H3. The molecule has 0 saturated heterocycles. The highest BCUT2D eigenvalue weighted by Gasteiger charge is 2.20. The number of halogens is 1. The van der Waals surface area contributed by atoms with Crippen molar-refractivity contribution in [2.75, 3.05) is 7.11 Å². The van der Waals surface area contributed by atoms with Crippen LogP contribution in [0.15, 0.2) is 57.9 Å². The second-order valence-electron chi connectivity index (χ2n) is 4.81. The lowest BCUT2D eigenvalue weighted by molar-refractivity contribution is 0.414. The van der Waals surface area contributed by atoms with E-state index >= 15 is 0 Å². The third-order valence-corrected chi connectivity index (χ3v) is 5.83. The van der Waals surface area contributed by atoms with Crippen molar-refractivity contribution in [3.05, 3.63) is 58.6 Å². The van der Waals surface area contributed by atoms with Crippen LogP contribution in [0.25, 0.3) is 0 Å². The lowest BCUT2D eigenvalue weighted by Gasteiger charge is -2.23. The molecule has 0 amide bonds. The van der Waals surface area contributed by atoms with Crippen molar-refractivity contribution in [1.82, 2.24) is 0 Å². The third-order valence-electron chi connectivity index (χ3n) is 3.40. The Morgan fingerprint density at radius 3 is 2.38 bits per heavy atom. The molecule has 0 spiro atoms. The lowest BCUT2D eigenvalue weighted by Crippen LogP contribution is -2.25. The van der Waals surface area contributed by atoms with Gasteiger partial charge in [0, 0.05) is 20.7 Å². The fourth-order valence-electron chi connectivity index (χ4n) is 2.09. The van der Waals surface area contributed by atoms with E-state index in [4.69, 9.17) is 10.5 Å². The van der Waals surface area contributed by atoms with Gasteiger partial charge in [0.1, 0.15) is 5.75 Å². The number of methoxy groups -OCH3 is 1. The molecule has 0 heterocycles. The summed E-state index contributed by atoms with van der Waals surface area (Å²) in [5, 5.41) is 0.222. The van der Waals surface area contributed by atoms with Crippen LogP contribution in [-0.4, -0.2) is 13.2 Å². The van der Waals surface area contributed by atoms with Crippen LogP contribution in [0.1, 0.15) is 24.2 Å². The Hall–Kier alpha value is -0.970. The average Bonchev–Trinajstić information content (AvgIpc) is 2.53. The van der Waals surface area contributed by atoms with Gasteiger partial charge >= 0.3 is 0 Å². The van der Waals surface area contributed by atoms with Crippen molar-refractivity contribution >= 4 is 27.7 Å². The van der Waals surface area contributed by atoms with Gasteiger partial charge in [-0.25, -0.2) is 0 Å². The van der Waals surface area contributed by atoms with E-state index < -0.39 is 0 Å². The number of ether oxygens (including phenoxy) is 1. The molecule has 21 heavy (non-hydrogen) atoms. The number of hydrogen-bond donors (Lipinski definition) is 1. The minimum absolute atomic E-state index is 0.107. The molecule has 2 aromatic carbocycles. The normalized spacial score (nSPS) is 13.7. The van der Waals surface area contributed by atoms with Crippen LogP contribution in [0.4, 0.5) is 0 Å². The first-order valence-corrected chi connectivity index (χ1v) is 8.63. The molecule has 2 unspecified atom stereocenters. The van der Waals surface area contributed by atoms with Gasteiger partial charge in [0.25, 0.3) is 0 Å². The molecule has 0 bridgehead atoms. The number of thioether (sulfide) groups is 1. The second-order valence-corrected chi connectivity index (χ2v) is 6.85. The molecule has 2 atom stereocenters. The summed E-state index contributed by atoms with van der Waals surface area (Å²) in [4.78, 5) is 1.21. The molecule has 4 heteroatoms. The molecule has 0 aromatic heterocycles. The number of benzene rings is 2. The molecule has 0 radical (unpaired) electrons. The predicted octanol–water partition coefficient (Wildman–Crippen LogP) is 5.03. The molecule has 0 saturated carbocycles. The molecule has 0 aliphatic carbocycles. The second kappa shape index (κ2) is 7.87. The highest BCUT2D eigenvalue weighted by Crippen LogP contribution is 2.41. The maximum Gasteiger partial charge on any atom is 0.118 e. The van der Waals surface area contributed by atoms with Gasteiger partial charge in [0.15, 0.2) is 0 Å². The summed E-state index contributed by atoms with van der Waals surface area (Å²) in [5.74, 6) is 0.869. The van der Waals surface area contributed by atoms with Crippen LogP contribution >= 0.6 is 27.7 Å². The van der Waals surface area contributed by atoms with Crippen LogP contribution in [0.5, 0.6) is 5.75 Å². The molecular formula is C17H20BrNOS.